The number of fused-ring (bicyclic) bond motifs is 1. The number of hydrogen-bond donors (Lipinski definition) is 3. The molecule has 0 saturated carbocycles. The molecule has 0 aliphatic heterocycles. The van der Waals surface area contributed by atoms with Gasteiger partial charge < -0.3 is 15.2 Å². The summed E-state index contributed by atoms with van der Waals surface area (Å²) in [7, 11) is -4.74. The van der Waals surface area contributed by atoms with Gasteiger partial charge in [-0.25, -0.2) is 0 Å². The molecule has 0 unspecified atom stereocenters. The highest BCUT2D eigenvalue weighted by Crippen LogP contribution is 2.41. The summed E-state index contributed by atoms with van der Waals surface area (Å²) in [4.78, 5) is 12.6. The first-order valence-corrected chi connectivity index (χ1v) is 13.4. The van der Waals surface area contributed by atoms with E-state index in [0.717, 1.165) is 0 Å². The predicted molar refractivity (Wildman–Crippen MR) is 146 cm³/mol. The zero-order valence-electron chi connectivity index (χ0n) is 20.1. The topological polar surface area (TPSA) is 138 Å². The van der Waals surface area contributed by atoms with E-state index in [1.54, 1.807) is 43.3 Å². The molecule has 3 N–H and O–H groups in total. The van der Waals surface area contributed by atoms with Crippen molar-refractivity contribution in [3.63, 3.8) is 0 Å². The van der Waals surface area contributed by atoms with Gasteiger partial charge in [-0.3, -0.25) is 9.35 Å². The minimum Gasteiger partial charge on any atom is -0.505 e. The molecule has 12 heteroatoms. The van der Waals surface area contributed by atoms with Crippen molar-refractivity contribution in [3.8, 4) is 11.5 Å². The second kappa shape index (κ2) is 11.0. The molecular formula is C26H21Cl2N3O6S. The molecule has 0 aromatic heterocycles. The van der Waals surface area contributed by atoms with Crippen molar-refractivity contribution in [1.29, 1.82) is 0 Å². The fourth-order valence-electron chi connectivity index (χ4n) is 3.82. The van der Waals surface area contributed by atoms with Gasteiger partial charge in [0, 0.05) is 22.2 Å². The monoisotopic (exact) mass is 573 g/mol. The van der Waals surface area contributed by atoms with Crippen molar-refractivity contribution in [2.24, 2.45) is 10.2 Å². The Morgan fingerprint density at radius 3 is 2.50 bits per heavy atom. The smallest absolute Gasteiger partial charge is 0.298 e. The highest BCUT2D eigenvalue weighted by atomic mass is 35.5. The minimum atomic E-state index is -4.74. The van der Waals surface area contributed by atoms with E-state index >= 15 is 0 Å². The van der Waals surface area contributed by atoms with Gasteiger partial charge in [-0.1, -0.05) is 47.5 Å². The second-order valence-corrected chi connectivity index (χ2v) is 10.4. The Morgan fingerprint density at radius 2 is 1.79 bits per heavy atom. The number of nitrogens with zero attached hydrogens (tertiary/aromatic N) is 2. The van der Waals surface area contributed by atoms with E-state index in [9.17, 15) is 22.9 Å². The van der Waals surface area contributed by atoms with Gasteiger partial charge in [-0.2, -0.15) is 8.42 Å². The Morgan fingerprint density at radius 1 is 1.05 bits per heavy atom. The fraction of sp³-hybridized carbons (Fsp3) is 0.115. The van der Waals surface area contributed by atoms with Crippen LogP contribution in [0.1, 0.15) is 22.8 Å². The van der Waals surface area contributed by atoms with Gasteiger partial charge in [0.05, 0.1) is 17.2 Å². The summed E-state index contributed by atoms with van der Waals surface area (Å²) in [6.07, 6.45) is 0. The average molecular weight is 574 g/mol. The summed E-state index contributed by atoms with van der Waals surface area (Å²) in [6.45, 7) is 3.87. The maximum Gasteiger partial charge on any atom is 0.298 e. The van der Waals surface area contributed by atoms with E-state index in [1.165, 1.54) is 24.3 Å². The number of nitrogens with one attached hydrogen (secondary N) is 1. The quantitative estimate of drug-likeness (QED) is 0.155. The molecular weight excluding hydrogens is 553 g/mol. The number of carbonyl (C=O) groups excluding carboxylic acids is 1. The SMILES string of the molecule is CCOc1cc(Cl)cc(NC(=O)c2cc3ccccc3c(N=Nc3cc(C)cc(Cl)c3S(=O)(=O)O)c2O)c1. The molecule has 4 aromatic rings. The molecule has 196 valence electrons. The molecule has 0 aliphatic rings. The summed E-state index contributed by atoms with van der Waals surface area (Å²) >= 11 is 12.2. The molecule has 1 amide bonds. The van der Waals surface area contributed by atoms with Gasteiger partial charge in [-0.05, 0) is 55.1 Å². The Hall–Kier alpha value is -3.70. The number of rotatable bonds is 7. The minimum absolute atomic E-state index is 0.0896. The van der Waals surface area contributed by atoms with Crippen LogP contribution in [-0.2, 0) is 10.1 Å². The van der Waals surface area contributed by atoms with Crippen molar-refractivity contribution >= 4 is 67.1 Å². The van der Waals surface area contributed by atoms with Gasteiger partial charge in [-0.15, -0.1) is 10.2 Å². The van der Waals surface area contributed by atoms with E-state index in [0.29, 0.717) is 39.4 Å². The van der Waals surface area contributed by atoms with Crippen LogP contribution in [0.3, 0.4) is 0 Å². The second-order valence-electron chi connectivity index (χ2n) is 8.18. The van der Waals surface area contributed by atoms with Crippen molar-refractivity contribution in [3.05, 3.63) is 81.8 Å². The zero-order chi connectivity index (χ0) is 27.6. The van der Waals surface area contributed by atoms with E-state index in [-0.39, 0.29) is 22.0 Å². The van der Waals surface area contributed by atoms with Crippen LogP contribution in [0.4, 0.5) is 17.1 Å². The number of aryl methyl sites for hydroxylation is 1. The highest BCUT2D eigenvalue weighted by molar-refractivity contribution is 7.86. The molecule has 4 aromatic carbocycles. The third-order valence-electron chi connectivity index (χ3n) is 5.36. The maximum absolute atomic E-state index is 13.2. The molecule has 0 radical (unpaired) electrons. The summed E-state index contributed by atoms with van der Waals surface area (Å²) in [5.74, 6) is -0.699. The molecule has 0 fully saturated rings. The standard InChI is InChI=1S/C26H21Cl2N3O6S/c1-3-37-18-12-16(27)11-17(13-18)29-26(33)20-10-15-6-4-5-7-19(15)23(24(20)32)31-30-22-9-14(2)8-21(28)25(22)38(34,35)36/h4-13,32H,3H2,1-2H3,(H,29,33)(H,34,35,36). The number of anilines is 1. The molecule has 9 nitrogen and oxygen atoms in total. The largest absolute Gasteiger partial charge is 0.505 e. The Labute approximate surface area is 228 Å². The van der Waals surface area contributed by atoms with Gasteiger partial charge >= 0.3 is 0 Å². The average Bonchev–Trinajstić information content (AvgIpc) is 2.81. The zero-order valence-corrected chi connectivity index (χ0v) is 22.4. The normalized spacial score (nSPS) is 11.7. The molecule has 0 atom stereocenters. The first-order valence-electron chi connectivity index (χ1n) is 11.2. The molecule has 0 saturated heterocycles. The lowest BCUT2D eigenvalue weighted by atomic mass is 10.0. The maximum atomic E-state index is 13.2. The van der Waals surface area contributed by atoms with Crippen LogP contribution in [0.15, 0.2) is 75.8 Å². The molecule has 38 heavy (non-hydrogen) atoms. The van der Waals surface area contributed by atoms with Gasteiger partial charge in [0.15, 0.2) is 5.75 Å². The van der Waals surface area contributed by atoms with Gasteiger partial charge in [0.2, 0.25) is 0 Å². The van der Waals surface area contributed by atoms with Crippen molar-refractivity contribution < 1.29 is 27.6 Å². The summed E-state index contributed by atoms with van der Waals surface area (Å²) < 4.78 is 39.0. The van der Waals surface area contributed by atoms with Crippen LogP contribution in [0.2, 0.25) is 10.0 Å². The lowest BCUT2D eigenvalue weighted by Crippen LogP contribution is -2.12. The van der Waals surface area contributed by atoms with E-state index in [4.69, 9.17) is 27.9 Å². The first kappa shape index (κ1) is 27.3. The third-order valence-corrected chi connectivity index (χ3v) is 6.94. The van der Waals surface area contributed by atoms with E-state index in [1.807, 2.05) is 6.92 Å². The summed E-state index contributed by atoms with van der Waals surface area (Å²) in [5, 5.41) is 22.9. The highest BCUT2D eigenvalue weighted by Gasteiger charge is 2.22. The lowest BCUT2D eigenvalue weighted by Gasteiger charge is -2.12. The van der Waals surface area contributed by atoms with E-state index in [2.05, 4.69) is 15.5 Å². The molecule has 0 bridgehead atoms. The number of benzene rings is 4. The van der Waals surface area contributed by atoms with Crippen LogP contribution >= 0.6 is 23.2 Å². The number of aromatic hydroxyl groups is 1. The number of phenolic OH excluding ortho intramolecular Hbond substituents is 1. The molecule has 4 rings (SSSR count). The molecule has 0 spiro atoms. The lowest BCUT2D eigenvalue weighted by molar-refractivity contribution is 0.102. The van der Waals surface area contributed by atoms with Crippen LogP contribution in [0.5, 0.6) is 11.5 Å². The van der Waals surface area contributed by atoms with Crippen molar-refractivity contribution in [2.75, 3.05) is 11.9 Å². The van der Waals surface area contributed by atoms with E-state index < -0.39 is 26.7 Å². The fourth-order valence-corrected chi connectivity index (χ4v) is 5.28. The Kier molecular flexibility index (Phi) is 7.89. The van der Waals surface area contributed by atoms with Crippen molar-refractivity contribution in [1.82, 2.24) is 0 Å². The Bertz CT molecular complexity index is 1710. The van der Waals surface area contributed by atoms with Gasteiger partial charge in [0.1, 0.15) is 22.0 Å². The number of phenols is 1. The van der Waals surface area contributed by atoms with Gasteiger partial charge in [0.25, 0.3) is 16.0 Å². The number of hydrogen-bond acceptors (Lipinski definition) is 7. The number of halogens is 2. The molecule has 0 aliphatic carbocycles. The van der Waals surface area contributed by atoms with Crippen LogP contribution in [0, 0.1) is 6.92 Å². The Balaban J connectivity index is 1.82. The summed E-state index contributed by atoms with van der Waals surface area (Å²) in [5.41, 5.74) is 0.458. The molecule has 0 heterocycles. The number of amides is 1. The first-order chi connectivity index (χ1) is 18.0. The van der Waals surface area contributed by atoms with Crippen molar-refractivity contribution in [2.45, 2.75) is 18.7 Å². The number of ether oxygens (including phenoxy) is 1. The third kappa shape index (κ3) is 5.89. The number of azo groups is 1. The van der Waals surface area contributed by atoms with Crippen LogP contribution < -0.4 is 10.1 Å². The summed E-state index contributed by atoms with van der Waals surface area (Å²) in [6, 6.07) is 15.7. The number of carbonyl (C=O) groups is 1. The predicted octanol–water partition coefficient (Wildman–Crippen LogP) is 7.47. The van der Waals surface area contributed by atoms with Crippen LogP contribution in [0.25, 0.3) is 10.8 Å². The van der Waals surface area contributed by atoms with Crippen LogP contribution in [-0.4, -0.2) is 30.6 Å².